The molecule has 0 radical (unpaired) electrons. The number of fused-ring (bicyclic) bond motifs is 1. The zero-order valence-electron chi connectivity index (χ0n) is 23.0. The molecule has 204 valence electrons. The first-order valence-electron chi connectivity index (χ1n) is 13.7. The van der Waals surface area contributed by atoms with Gasteiger partial charge in [0.1, 0.15) is 17.9 Å². The van der Waals surface area contributed by atoms with Crippen LogP contribution in [-0.2, 0) is 9.47 Å². The molecule has 2 aliphatic rings. The van der Waals surface area contributed by atoms with Gasteiger partial charge in [-0.15, -0.1) is 0 Å². The third kappa shape index (κ3) is 5.46. The van der Waals surface area contributed by atoms with Crippen molar-refractivity contribution < 1.29 is 24.1 Å². The molecule has 2 fully saturated rings. The number of hydrogen-bond donors (Lipinski definition) is 1. The van der Waals surface area contributed by atoms with Gasteiger partial charge in [-0.1, -0.05) is 44.2 Å². The van der Waals surface area contributed by atoms with Crippen molar-refractivity contribution in [3.8, 4) is 5.75 Å². The molecule has 1 unspecified atom stereocenters. The molecular weight excluding hydrogens is 480 g/mol. The quantitative estimate of drug-likeness (QED) is 0.396. The molecule has 1 aromatic heterocycles. The van der Waals surface area contributed by atoms with Gasteiger partial charge in [-0.05, 0) is 69.5 Å². The van der Waals surface area contributed by atoms with Gasteiger partial charge in [0.05, 0.1) is 19.3 Å². The SMILES string of the molecule is CC(n1cc(C2CCN(CCOc3ccccc3C(=O)O)CC2)c2ccccc21)C1(C)OCC(C)(C)CO1. The number of nitrogens with zero attached hydrogens (tertiary/aromatic N) is 2. The molecule has 0 bridgehead atoms. The highest BCUT2D eigenvalue weighted by atomic mass is 16.7. The monoisotopic (exact) mass is 520 g/mol. The van der Waals surface area contributed by atoms with Gasteiger partial charge in [-0.2, -0.15) is 0 Å². The van der Waals surface area contributed by atoms with E-state index in [1.165, 1.54) is 16.5 Å². The summed E-state index contributed by atoms with van der Waals surface area (Å²) in [6.45, 7) is 13.2. The Bertz CT molecular complexity index is 1260. The smallest absolute Gasteiger partial charge is 0.339 e. The molecule has 0 saturated carbocycles. The van der Waals surface area contributed by atoms with E-state index >= 15 is 0 Å². The van der Waals surface area contributed by atoms with Crippen LogP contribution >= 0.6 is 0 Å². The molecule has 7 heteroatoms. The van der Waals surface area contributed by atoms with E-state index in [0.29, 0.717) is 31.5 Å². The van der Waals surface area contributed by atoms with Crippen LogP contribution in [0.25, 0.3) is 10.9 Å². The van der Waals surface area contributed by atoms with Crippen molar-refractivity contribution in [2.24, 2.45) is 5.41 Å². The normalized spacial score (nSPS) is 20.8. The summed E-state index contributed by atoms with van der Waals surface area (Å²) in [5, 5.41) is 10.7. The fraction of sp³-hybridized carbons (Fsp3) is 0.516. The van der Waals surface area contributed by atoms with Crippen LogP contribution in [0, 0.1) is 5.41 Å². The van der Waals surface area contributed by atoms with Crippen molar-refractivity contribution in [1.82, 2.24) is 9.47 Å². The summed E-state index contributed by atoms with van der Waals surface area (Å²) >= 11 is 0. The highest BCUT2D eigenvalue weighted by Crippen LogP contribution is 2.41. The zero-order chi connectivity index (χ0) is 26.9. The number of likely N-dealkylation sites (tertiary alicyclic amines) is 1. The number of carboxylic acids is 1. The number of aromatic carboxylic acids is 1. The standard InChI is InChI=1S/C31H40N2O5/c1-22(31(4)37-20-30(2,3)21-38-31)33-19-26(24-9-5-7-11-27(24)33)23-13-15-32(16-14-23)17-18-36-28-12-8-6-10-25(28)29(34)35/h5-12,19,22-23H,13-18,20-21H2,1-4H3,(H,34,35). The molecule has 38 heavy (non-hydrogen) atoms. The van der Waals surface area contributed by atoms with Gasteiger partial charge in [-0.25, -0.2) is 4.79 Å². The highest BCUT2D eigenvalue weighted by molar-refractivity contribution is 5.90. The van der Waals surface area contributed by atoms with E-state index in [1.54, 1.807) is 24.3 Å². The lowest BCUT2D eigenvalue weighted by molar-refractivity contribution is -0.305. The number of benzene rings is 2. The Balaban J connectivity index is 1.24. The molecule has 0 amide bonds. The molecule has 5 rings (SSSR count). The van der Waals surface area contributed by atoms with E-state index in [4.69, 9.17) is 14.2 Å². The molecule has 1 atom stereocenters. The Hall–Kier alpha value is -2.87. The van der Waals surface area contributed by atoms with Gasteiger partial charge in [-0.3, -0.25) is 4.90 Å². The molecule has 0 aliphatic carbocycles. The first-order valence-corrected chi connectivity index (χ1v) is 13.7. The lowest BCUT2D eigenvalue weighted by Gasteiger charge is -2.45. The number of hydrogen-bond acceptors (Lipinski definition) is 5. The minimum Gasteiger partial charge on any atom is -0.491 e. The molecule has 2 aromatic carbocycles. The van der Waals surface area contributed by atoms with Crippen molar-refractivity contribution in [2.75, 3.05) is 39.5 Å². The number of piperidine rings is 1. The number of rotatable bonds is 8. The van der Waals surface area contributed by atoms with Crippen LogP contribution in [0.2, 0.25) is 0 Å². The third-order valence-electron chi connectivity index (χ3n) is 8.26. The topological polar surface area (TPSA) is 73.2 Å². The Morgan fingerprint density at radius 1 is 1.05 bits per heavy atom. The molecular formula is C31H40N2O5. The Labute approximate surface area is 225 Å². The summed E-state index contributed by atoms with van der Waals surface area (Å²) in [6, 6.07) is 15.5. The summed E-state index contributed by atoms with van der Waals surface area (Å²) in [5.41, 5.74) is 2.86. The summed E-state index contributed by atoms with van der Waals surface area (Å²) in [7, 11) is 0. The van der Waals surface area contributed by atoms with Crippen LogP contribution in [0.15, 0.2) is 54.7 Å². The maximum Gasteiger partial charge on any atom is 0.339 e. The number of aromatic nitrogens is 1. The first-order chi connectivity index (χ1) is 18.2. The second-order valence-corrected chi connectivity index (χ2v) is 11.7. The second kappa shape index (κ2) is 10.7. The molecule has 3 heterocycles. The van der Waals surface area contributed by atoms with Crippen molar-refractivity contribution in [1.29, 1.82) is 0 Å². The Morgan fingerprint density at radius 3 is 2.42 bits per heavy atom. The number of carboxylic acid groups (broad SMARTS) is 1. The molecule has 3 aromatic rings. The number of ether oxygens (including phenoxy) is 3. The van der Waals surface area contributed by atoms with E-state index in [2.05, 4.69) is 67.6 Å². The molecule has 1 N–H and O–H groups in total. The fourth-order valence-corrected chi connectivity index (χ4v) is 5.65. The molecule has 2 aliphatic heterocycles. The molecule has 7 nitrogen and oxygen atoms in total. The van der Waals surface area contributed by atoms with E-state index in [-0.39, 0.29) is 17.0 Å². The van der Waals surface area contributed by atoms with E-state index in [0.717, 1.165) is 32.5 Å². The van der Waals surface area contributed by atoms with Gasteiger partial charge < -0.3 is 23.9 Å². The maximum atomic E-state index is 11.4. The number of carbonyl (C=O) groups is 1. The predicted molar refractivity (Wildman–Crippen MR) is 148 cm³/mol. The average molecular weight is 521 g/mol. The van der Waals surface area contributed by atoms with Crippen molar-refractivity contribution >= 4 is 16.9 Å². The van der Waals surface area contributed by atoms with Gasteiger partial charge in [0.25, 0.3) is 0 Å². The minimum atomic E-state index is -0.964. The van der Waals surface area contributed by atoms with Crippen molar-refractivity contribution in [3.05, 3.63) is 65.9 Å². The van der Waals surface area contributed by atoms with Gasteiger partial charge >= 0.3 is 5.97 Å². The lowest BCUT2D eigenvalue weighted by Crippen LogP contribution is -2.49. The highest BCUT2D eigenvalue weighted by Gasteiger charge is 2.42. The van der Waals surface area contributed by atoms with Gasteiger partial charge in [0.15, 0.2) is 5.79 Å². The Kier molecular flexibility index (Phi) is 7.54. The zero-order valence-corrected chi connectivity index (χ0v) is 23.0. The number of para-hydroxylation sites is 2. The van der Waals surface area contributed by atoms with Crippen molar-refractivity contribution in [2.45, 2.75) is 58.3 Å². The third-order valence-corrected chi connectivity index (χ3v) is 8.26. The molecule has 2 saturated heterocycles. The van der Waals surface area contributed by atoms with Crippen molar-refractivity contribution in [3.63, 3.8) is 0 Å². The summed E-state index contributed by atoms with van der Waals surface area (Å²) in [6.07, 6.45) is 4.48. The maximum absolute atomic E-state index is 11.4. The van der Waals surface area contributed by atoms with Crippen LogP contribution in [0.4, 0.5) is 0 Å². The average Bonchev–Trinajstić information content (AvgIpc) is 3.30. The predicted octanol–water partition coefficient (Wildman–Crippen LogP) is 5.95. The minimum absolute atomic E-state index is 0.0296. The van der Waals surface area contributed by atoms with Crippen LogP contribution in [0.1, 0.15) is 68.4 Å². The van der Waals surface area contributed by atoms with E-state index in [1.807, 2.05) is 0 Å². The molecule has 0 spiro atoms. The summed E-state index contributed by atoms with van der Waals surface area (Å²) in [4.78, 5) is 13.8. The van der Waals surface area contributed by atoms with E-state index < -0.39 is 11.8 Å². The van der Waals surface area contributed by atoms with Crippen LogP contribution in [-0.4, -0.2) is 65.8 Å². The first kappa shape index (κ1) is 26.7. The van der Waals surface area contributed by atoms with Crippen LogP contribution < -0.4 is 4.74 Å². The summed E-state index contributed by atoms with van der Waals surface area (Å²) in [5.74, 6) is -0.718. The second-order valence-electron chi connectivity index (χ2n) is 11.7. The van der Waals surface area contributed by atoms with Gasteiger partial charge in [0, 0.05) is 29.1 Å². The van der Waals surface area contributed by atoms with Crippen LogP contribution in [0.3, 0.4) is 0 Å². The van der Waals surface area contributed by atoms with E-state index in [9.17, 15) is 9.90 Å². The lowest BCUT2D eigenvalue weighted by atomic mass is 9.89. The summed E-state index contributed by atoms with van der Waals surface area (Å²) < 4.78 is 20.8. The fourth-order valence-electron chi connectivity index (χ4n) is 5.65. The van der Waals surface area contributed by atoms with Gasteiger partial charge in [0.2, 0.25) is 0 Å². The Morgan fingerprint density at radius 2 is 1.71 bits per heavy atom. The van der Waals surface area contributed by atoms with Crippen LogP contribution in [0.5, 0.6) is 5.75 Å². The largest absolute Gasteiger partial charge is 0.491 e.